The summed E-state index contributed by atoms with van der Waals surface area (Å²) in [4.78, 5) is 34.3. The molecule has 12 heteroatoms. The quantitative estimate of drug-likeness (QED) is 0.385. The van der Waals surface area contributed by atoms with Gasteiger partial charge in [-0.2, -0.15) is 0 Å². The SMILES string of the molecule is Cc1nnc2n1CCN(Cc1ccc3c(c1)N(C)C(=O)C(NC(=O)c1n[nH]c(Cc4ccccc4)n1)CO3)C2. The molecular formula is C27H29N9O3. The Morgan fingerprint density at radius 2 is 1.97 bits per heavy atom. The van der Waals surface area contributed by atoms with Gasteiger partial charge in [0, 0.05) is 33.1 Å². The number of likely N-dealkylation sites (N-methyl/N-ethyl adjacent to an activating group) is 1. The standard InChI is InChI=1S/C27H29N9O3/c1-17-30-32-24-15-35(10-11-36(17)24)14-19-8-9-22-21(12-19)34(2)27(38)20(16-39-22)28-26(37)25-29-23(31-33-25)13-18-6-4-3-5-7-18/h3-9,12,20H,10-11,13-16H2,1-2H3,(H,28,37)(H,29,31,33). The van der Waals surface area contributed by atoms with Crippen molar-refractivity contribution in [3.05, 3.63) is 83.0 Å². The molecule has 0 bridgehead atoms. The van der Waals surface area contributed by atoms with Gasteiger partial charge in [0.25, 0.3) is 11.8 Å². The number of amides is 2. The van der Waals surface area contributed by atoms with E-state index in [0.29, 0.717) is 36.8 Å². The Bertz CT molecular complexity index is 1510. The van der Waals surface area contributed by atoms with Crippen molar-refractivity contribution in [2.75, 3.05) is 25.1 Å². The normalized spacial score (nSPS) is 17.2. The number of nitrogens with one attached hydrogen (secondary N) is 2. The van der Waals surface area contributed by atoms with Crippen molar-refractivity contribution < 1.29 is 14.3 Å². The molecule has 2 aliphatic heterocycles. The molecule has 2 N–H and O–H groups in total. The second-order valence-corrected chi connectivity index (χ2v) is 9.83. The van der Waals surface area contributed by atoms with Gasteiger partial charge in [0.1, 0.15) is 35.9 Å². The number of rotatable bonds is 6. The Morgan fingerprint density at radius 3 is 2.82 bits per heavy atom. The van der Waals surface area contributed by atoms with E-state index in [4.69, 9.17) is 4.74 Å². The van der Waals surface area contributed by atoms with Crippen LogP contribution in [0.4, 0.5) is 5.69 Å². The second-order valence-electron chi connectivity index (χ2n) is 9.83. The Labute approximate surface area is 225 Å². The average Bonchev–Trinajstić information content (AvgIpc) is 3.55. The smallest absolute Gasteiger partial charge is 0.291 e. The molecule has 0 saturated heterocycles. The van der Waals surface area contributed by atoms with Gasteiger partial charge in [0.2, 0.25) is 5.82 Å². The number of hydrogen-bond donors (Lipinski definition) is 2. The van der Waals surface area contributed by atoms with Gasteiger partial charge in [-0.15, -0.1) is 15.3 Å². The molecule has 39 heavy (non-hydrogen) atoms. The third-order valence-corrected chi connectivity index (χ3v) is 7.10. The van der Waals surface area contributed by atoms with Crippen molar-refractivity contribution in [1.82, 2.24) is 40.2 Å². The van der Waals surface area contributed by atoms with Crippen LogP contribution in [0.5, 0.6) is 5.75 Å². The van der Waals surface area contributed by atoms with Gasteiger partial charge >= 0.3 is 0 Å². The number of carbonyl (C=O) groups is 2. The first-order chi connectivity index (χ1) is 18.9. The highest BCUT2D eigenvalue weighted by Crippen LogP contribution is 2.32. The first kappa shape index (κ1) is 24.7. The second kappa shape index (κ2) is 10.3. The van der Waals surface area contributed by atoms with Crippen LogP contribution in [0, 0.1) is 6.92 Å². The number of nitrogens with zero attached hydrogens (tertiary/aromatic N) is 7. The van der Waals surface area contributed by atoms with Crippen LogP contribution in [0.2, 0.25) is 0 Å². The first-order valence-electron chi connectivity index (χ1n) is 12.8. The minimum atomic E-state index is -0.883. The highest BCUT2D eigenvalue weighted by molar-refractivity contribution is 6.02. The van der Waals surface area contributed by atoms with Gasteiger partial charge in [-0.3, -0.25) is 19.6 Å². The van der Waals surface area contributed by atoms with Crippen molar-refractivity contribution in [1.29, 1.82) is 0 Å². The fourth-order valence-corrected chi connectivity index (χ4v) is 4.98. The summed E-state index contributed by atoms with van der Waals surface area (Å²) in [6.45, 7) is 5.12. The predicted octanol–water partition coefficient (Wildman–Crippen LogP) is 1.47. The summed E-state index contributed by atoms with van der Waals surface area (Å²) in [5.41, 5.74) is 2.76. The highest BCUT2D eigenvalue weighted by Gasteiger charge is 2.32. The van der Waals surface area contributed by atoms with Crippen LogP contribution in [0.25, 0.3) is 0 Å². The summed E-state index contributed by atoms with van der Waals surface area (Å²) in [6, 6.07) is 14.7. The first-order valence-corrected chi connectivity index (χ1v) is 12.8. The number of anilines is 1. The van der Waals surface area contributed by atoms with Gasteiger partial charge in [-0.1, -0.05) is 36.4 Å². The monoisotopic (exact) mass is 527 g/mol. The molecule has 2 aromatic carbocycles. The van der Waals surface area contributed by atoms with Gasteiger partial charge < -0.3 is 19.5 Å². The number of fused-ring (bicyclic) bond motifs is 2. The molecule has 6 rings (SSSR count). The number of aromatic amines is 1. The van der Waals surface area contributed by atoms with Crippen molar-refractivity contribution in [2.45, 2.75) is 39.0 Å². The summed E-state index contributed by atoms with van der Waals surface area (Å²) in [7, 11) is 1.69. The molecule has 200 valence electrons. The van der Waals surface area contributed by atoms with Crippen LogP contribution >= 0.6 is 0 Å². The molecule has 4 heterocycles. The summed E-state index contributed by atoms with van der Waals surface area (Å²) in [5, 5.41) is 18.0. The molecule has 4 aromatic rings. The molecule has 1 unspecified atom stereocenters. The number of hydrogen-bond acceptors (Lipinski definition) is 8. The van der Waals surface area contributed by atoms with Crippen LogP contribution in [0.1, 0.15) is 39.2 Å². The van der Waals surface area contributed by atoms with Gasteiger partial charge in [-0.25, -0.2) is 4.98 Å². The summed E-state index contributed by atoms with van der Waals surface area (Å²) in [6.07, 6.45) is 0.518. The molecule has 0 spiro atoms. The molecule has 0 radical (unpaired) electrons. The van der Waals surface area contributed by atoms with E-state index in [0.717, 1.165) is 35.9 Å². The van der Waals surface area contributed by atoms with E-state index < -0.39 is 11.9 Å². The van der Waals surface area contributed by atoms with Crippen LogP contribution in [0.15, 0.2) is 48.5 Å². The molecule has 2 aliphatic rings. The molecule has 1 atom stereocenters. The topological polar surface area (TPSA) is 134 Å². The Hall–Kier alpha value is -4.58. The minimum absolute atomic E-state index is 0.00366. The predicted molar refractivity (Wildman–Crippen MR) is 141 cm³/mol. The van der Waals surface area contributed by atoms with Crippen molar-refractivity contribution in [3.8, 4) is 5.75 Å². The van der Waals surface area contributed by atoms with Gasteiger partial charge in [0.15, 0.2) is 0 Å². The van der Waals surface area contributed by atoms with Crippen LogP contribution < -0.4 is 15.0 Å². The van der Waals surface area contributed by atoms with E-state index in [1.54, 1.807) is 7.05 Å². The number of ether oxygens (including phenoxy) is 1. The third-order valence-electron chi connectivity index (χ3n) is 7.10. The number of aryl methyl sites for hydroxylation is 1. The maximum absolute atomic E-state index is 13.3. The largest absolute Gasteiger partial charge is 0.489 e. The van der Waals surface area contributed by atoms with Crippen molar-refractivity contribution >= 4 is 17.5 Å². The van der Waals surface area contributed by atoms with E-state index in [9.17, 15) is 9.59 Å². The Morgan fingerprint density at radius 1 is 1.13 bits per heavy atom. The maximum atomic E-state index is 13.3. The van der Waals surface area contributed by atoms with Crippen LogP contribution in [-0.2, 0) is 30.8 Å². The fourth-order valence-electron chi connectivity index (χ4n) is 4.98. The fraction of sp³-hybridized carbons (Fsp3) is 0.333. The molecule has 12 nitrogen and oxygen atoms in total. The molecule has 0 aliphatic carbocycles. The van der Waals surface area contributed by atoms with E-state index in [1.165, 1.54) is 4.90 Å². The molecular weight excluding hydrogens is 498 g/mol. The summed E-state index contributed by atoms with van der Waals surface area (Å²) >= 11 is 0. The van der Waals surface area contributed by atoms with Crippen LogP contribution in [-0.4, -0.2) is 72.9 Å². The highest BCUT2D eigenvalue weighted by atomic mass is 16.5. The van der Waals surface area contributed by atoms with Gasteiger partial charge in [-0.05, 0) is 30.2 Å². The van der Waals surface area contributed by atoms with Crippen LogP contribution in [0.3, 0.4) is 0 Å². The zero-order valence-electron chi connectivity index (χ0n) is 21.8. The lowest BCUT2D eigenvalue weighted by Gasteiger charge is -2.28. The number of carbonyl (C=O) groups excluding carboxylic acids is 2. The molecule has 2 amide bonds. The summed E-state index contributed by atoms with van der Waals surface area (Å²) in [5.74, 6) is 2.21. The Balaban J connectivity index is 1.11. The van der Waals surface area contributed by atoms with E-state index >= 15 is 0 Å². The minimum Gasteiger partial charge on any atom is -0.489 e. The third kappa shape index (κ3) is 5.10. The summed E-state index contributed by atoms with van der Waals surface area (Å²) < 4.78 is 8.10. The lowest BCUT2D eigenvalue weighted by atomic mass is 10.1. The molecule has 0 fully saturated rings. The molecule has 0 saturated carbocycles. The Kier molecular flexibility index (Phi) is 6.53. The van der Waals surface area contributed by atoms with E-state index in [2.05, 4.69) is 40.2 Å². The maximum Gasteiger partial charge on any atom is 0.291 e. The van der Waals surface area contributed by atoms with Crippen molar-refractivity contribution in [3.63, 3.8) is 0 Å². The molecule has 2 aromatic heterocycles. The number of benzene rings is 2. The van der Waals surface area contributed by atoms with E-state index in [1.807, 2.05) is 55.5 Å². The number of aromatic nitrogens is 6. The van der Waals surface area contributed by atoms with Crippen molar-refractivity contribution in [2.24, 2.45) is 0 Å². The lowest BCUT2D eigenvalue weighted by molar-refractivity contribution is -0.120. The average molecular weight is 528 g/mol. The zero-order valence-corrected chi connectivity index (χ0v) is 21.8. The lowest BCUT2D eigenvalue weighted by Crippen LogP contribution is -2.49. The van der Waals surface area contributed by atoms with E-state index in [-0.39, 0.29) is 18.3 Å². The number of H-pyrrole nitrogens is 1. The zero-order chi connectivity index (χ0) is 26.9. The van der Waals surface area contributed by atoms with Gasteiger partial charge in [0.05, 0.1) is 12.2 Å².